The Labute approximate surface area is 197 Å². The van der Waals surface area contributed by atoms with Crippen molar-refractivity contribution in [3.05, 3.63) is 46.5 Å². The lowest BCUT2D eigenvalue weighted by Crippen LogP contribution is -2.46. The van der Waals surface area contributed by atoms with E-state index in [4.69, 9.17) is 11.6 Å². The summed E-state index contributed by atoms with van der Waals surface area (Å²) in [6, 6.07) is -0.964. The number of likely N-dealkylation sites (N-methyl/N-ethyl adjacent to an activating group) is 1. The molecule has 0 aromatic heterocycles. The maximum atomic E-state index is 14.6. The van der Waals surface area contributed by atoms with E-state index in [0.29, 0.717) is 44.7 Å². The molecule has 1 saturated heterocycles. The Morgan fingerprint density at radius 3 is 2.81 bits per heavy atom. The van der Waals surface area contributed by atoms with Crippen molar-refractivity contribution in [2.75, 3.05) is 26.8 Å². The third-order valence-electron chi connectivity index (χ3n) is 5.26. The predicted octanol–water partition coefficient (Wildman–Crippen LogP) is 3.26. The lowest BCUT2D eigenvalue weighted by molar-refractivity contribution is -0.124. The van der Waals surface area contributed by atoms with Crippen LogP contribution in [0, 0.1) is 5.92 Å². The van der Waals surface area contributed by atoms with Gasteiger partial charge in [0.25, 0.3) is 0 Å². The van der Waals surface area contributed by atoms with Crippen molar-refractivity contribution < 1.29 is 14.3 Å². The predicted molar refractivity (Wildman–Crippen MR) is 127 cm³/mol. The Morgan fingerprint density at radius 1 is 1.55 bits per heavy atom. The van der Waals surface area contributed by atoms with Gasteiger partial charge in [0.2, 0.25) is 5.91 Å². The summed E-state index contributed by atoms with van der Waals surface area (Å²) in [4.78, 5) is 15.1. The first-order valence-electron chi connectivity index (χ1n) is 10.4. The van der Waals surface area contributed by atoms with Crippen molar-refractivity contribution in [2.45, 2.75) is 50.1 Å². The largest absolute Gasteiger partial charge is 0.390 e. The molecule has 6 nitrogen and oxygen atoms in total. The van der Waals surface area contributed by atoms with Gasteiger partial charge in [-0.3, -0.25) is 10.1 Å². The van der Waals surface area contributed by atoms with E-state index < -0.39 is 23.4 Å². The van der Waals surface area contributed by atoms with Gasteiger partial charge in [-0.15, -0.1) is 11.6 Å². The van der Waals surface area contributed by atoms with Crippen molar-refractivity contribution >= 4 is 33.4 Å². The summed E-state index contributed by atoms with van der Waals surface area (Å²) < 4.78 is 15.6. The fourth-order valence-corrected chi connectivity index (χ4v) is 4.41. The second-order valence-electron chi connectivity index (χ2n) is 8.65. The molecule has 1 aliphatic heterocycles. The number of carbonyl (C=O) groups excluding carboxylic acids is 1. The number of alkyl halides is 1. The van der Waals surface area contributed by atoms with E-state index in [9.17, 15) is 14.3 Å². The second kappa shape index (κ2) is 11.5. The van der Waals surface area contributed by atoms with Crippen LogP contribution >= 0.6 is 27.5 Å². The van der Waals surface area contributed by atoms with Crippen LogP contribution in [0.25, 0.3) is 0 Å². The summed E-state index contributed by atoms with van der Waals surface area (Å²) in [6.45, 7) is 8.59. The summed E-state index contributed by atoms with van der Waals surface area (Å²) in [6.07, 6.45) is 7.17. The highest BCUT2D eigenvalue weighted by Crippen LogP contribution is 2.28. The maximum absolute atomic E-state index is 14.6. The van der Waals surface area contributed by atoms with E-state index in [0.717, 1.165) is 10.2 Å². The molecule has 0 saturated carbocycles. The highest BCUT2D eigenvalue weighted by molar-refractivity contribution is 9.11. The number of aliphatic hydroxyl groups is 1. The van der Waals surface area contributed by atoms with Crippen molar-refractivity contribution in [1.82, 2.24) is 20.9 Å². The number of amides is 1. The van der Waals surface area contributed by atoms with Gasteiger partial charge in [0.1, 0.15) is 5.83 Å². The van der Waals surface area contributed by atoms with Gasteiger partial charge in [-0.2, -0.15) is 0 Å². The average Bonchev–Trinajstić information content (AvgIpc) is 3.06. The third kappa shape index (κ3) is 8.25. The van der Waals surface area contributed by atoms with Crippen LogP contribution in [0.1, 0.15) is 33.1 Å². The molecule has 0 spiro atoms. The van der Waals surface area contributed by atoms with E-state index >= 15 is 0 Å². The minimum Gasteiger partial charge on any atom is -0.390 e. The molecule has 174 valence electrons. The molecule has 1 amide bonds. The third-order valence-corrected chi connectivity index (χ3v) is 6.24. The fourth-order valence-electron chi connectivity index (χ4n) is 3.47. The van der Waals surface area contributed by atoms with Crippen LogP contribution in [-0.2, 0) is 4.79 Å². The van der Waals surface area contributed by atoms with Gasteiger partial charge in [0.05, 0.1) is 29.6 Å². The quantitative estimate of drug-likeness (QED) is 0.263. The van der Waals surface area contributed by atoms with E-state index in [2.05, 4.69) is 38.5 Å². The lowest BCUT2D eigenvalue weighted by atomic mass is 9.94. The molecule has 3 atom stereocenters. The summed E-state index contributed by atoms with van der Waals surface area (Å²) in [5.74, 6) is -1.77. The van der Waals surface area contributed by atoms with Crippen molar-refractivity contribution in [3.63, 3.8) is 0 Å². The van der Waals surface area contributed by atoms with Gasteiger partial charge in [0, 0.05) is 38.0 Å². The van der Waals surface area contributed by atoms with Gasteiger partial charge in [-0.25, -0.2) is 4.39 Å². The minimum atomic E-state index is -0.964. The number of hydrogen-bond acceptors (Lipinski definition) is 5. The summed E-state index contributed by atoms with van der Waals surface area (Å²) in [5, 5.41) is 18.7. The zero-order valence-corrected chi connectivity index (χ0v) is 20.7. The summed E-state index contributed by atoms with van der Waals surface area (Å²) in [7, 11) is 1.91. The van der Waals surface area contributed by atoms with Gasteiger partial charge < -0.3 is 20.6 Å². The number of nitrogens with one attached hydrogen (secondary N) is 3. The molecule has 1 aliphatic carbocycles. The highest BCUT2D eigenvalue weighted by Gasteiger charge is 2.32. The zero-order valence-electron chi connectivity index (χ0n) is 18.4. The van der Waals surface area contributed by atoms with Crippen LogP contribution in [0.5, 0.6) is 0 Å². The Balaban J connectivity index is 2.21. The molecule has 4 N–H and O–H groups in total. The van der Waals surface area contributed by atoms with Gasteiger partial charge in [0.15, 0.2) is 0 Å². The Kier molecular flexibility index (Phi) is 9.61. The van der Waals surface area contributed by atoms with Crippen LogP contribution in [0.15, 0.2) is 46.5 Å². The SMILES string of the molecule is C=C(F)C(NC1=CC=C(Br)C[C@@H]1Cl)[C@@H](/C=C1\CNCN1C)C(=O)NCCCC(C)(C)O. The van der Waals surface area contributed by atoms with Crippen LogP contribution in [0.3, 0.4) is 0 Å². The van der Waals surface area contributed by atoms with E-state index in [1.165, 1.54) is 0 Å². The fraction of sp³-hybridized carbons (Fsp3) is 0.591. The monoisotopic (exact) mass is 518 g/mol. The van der Waals surface area contributed by atoms with Gasteiger partial charge in [-0.1, -0.05) is 28.6 Å². The average molecular weight is 520 g/mol. The first-order valence-corrected chi connectivity index (χ1v) is 11.6. The molecule has 9 heteroatoms. The van der Waals surface area contributed by atoms with E-state index in [1.54, 1.807) is 26.0 Å². The number of hydrogen-bond donors (Lipinski definition) is 4. The standard InChI is InChI=1S/C22H33BrClFN4O2/c1-14(25)20(28-19-7-6-15(23)10-18(19)24)17(11-16-12-26-13-29(16)4)21(30)27-9-5-8-22(2,3)31/h6-7,11,17-18,20,26,28,31H,1,5,8-10,12-13H2,2-4H3,(H,27,30)/b16-11+/t17-,18+,20?/m1/s1. The maximum Gasteiger partial charge on any atom is 0.229 e. The summed E-state index contributed by atoms with van der Waals surface area (Å²) >= 11 is 9.86. The van der Waals surface area contributed by atoms with E-state index in [-0.39, 0.29) is 11.3 Å². The first-order chi connectivity index (χ1) is 14.5. The number of allylic oxidation sites excluding steroid dienone is 4. The normalized spacial score (nSPS) is 22.6. The summed E-state index contributed by atoms with van der Waals surface area (Å²) in [5.41, 5.74) is 0.754. The van der Waals surface area contributed by atoms with Crippen molar-refractivity contribution in [2.24, 2.45) is 5.92 Å². The molecule has 31 heavy (non-hydrogen) atoms. The highest BCUT2D eigenvalue weighted by atomic mass is 79.9. The van der Waals surface area contributed by atoms with E-state index in [1.807, 2.05) is 18.0 Å². The number of carbonyl (C=O) groups is 1. The molecule has 1 heterocycles. The number of nitrogens with zero attached hydrogens (tertiary/aromatic N) is 1. The topological polar surface area (TPSA) is 76.6 Å². The van der Waals surface area contributed by atoms with Crippen molar-refractivity contribution in [3.8, 4) is 0 Å². The Bertz CT molecular complexity index is 763. The number of halogens is 3. The molecule has 0 radical (unpaired) electrons. The van der Waals surface area contributed by atoms with Crippen LogP contribution in [0.4, 0.5) is 4.39 Å². The zero-order chi connectivity index (χ0) is 23.2. The van der Waals surface area contributed by atoms with Crippen LogP contribution in [0.2, 0.25) is 0 Å². The number of rotatable bonds is 10. The molecule has 0 bridgehead atoms. The minimum absolute atomic E-state index is 0.306. The molecular weight excluding hydrogens is 487 g/mol. The Hall–Kier alpha value is -1.35. The second-order valence-corrected chi connectivity index (χ2v) is 10.2. The first kappa shape index (κ1) is 25.9. The van der Waals surface area contributed by atoms with Crippen molar-refractivity contribution in [1.29, 1.82) is 0 Å². The molecule has 0 aromatic rings. The van der Waals surface area contributed by atoms with Gasteiger partial charge >= 0.3 is 0 Å². The molecule has 1 fully saturated rings. The molecule has 1 unspecified atom stereocenters. The smallest absolute Gasteiger partial charge is 0.229 e. The molecular formula is C22H33BrClFN4O2. The molecule has 2 aliphatic rings. The van der Waals surface area contributed by atoms with Gasteiger partial charge in [-0.05, 0) is 43.3 Å². The molecule has 0 aromatic carbocycles. The van der Waals surface area contributed by atoms with Crippen LogP contribution in [-0.4, -0.2) is 59.7 Å². The Morgan fingerprint density at radius 2 is 2.26 bits per heavy atom. The van der Waals surface area contributed by atoms with Crippen LogP contribution < -0.4 is 16.0 Å². The lowest BCUT2D eigenvalue weighted by Gasteiger charge is -2.29. The molecule has 2 rings (SSSR count).